The van der Waals surface area contributed by atoms with Gasteiger partial charge in [0.25, 0.3) is 0 Å². The van der Waals surface area contributed by atoms with Gasteiger partial charge in [-0.15, -0.1) is 11.3 Å². The van der Waals surface area contributed by atoms with Crippen LogP contribution in [0.5, 0.6) is 0 Å². The fourth-order valence-electron chi connectivity index (χ4n) is 3.09. The van der Waals surface area contributed by atoms with E-state index in [1.165, 1.54) is 30.0 Å². The van der Waals surface area contributed by atoms with E-state index in [0.29, 0.717) is 11.3 Å². The third-order valence-electron chi connectivity index (χ3n) is 3.37. The lowest BCUT2D eigenvalue weighted by molar-refractivity contribution is 0.168. The van der Waals surface area contributed by atoms with E-state index in [4.69, 9.17) is 0 Å². The molecule has 1 nitrogen and oxygen atoms in total. The molecule has 1 aliphatic carbocycles. The van der Waals surface area contributed by atoms with E-state index in [9.17, 15) is 0 Å². The fourth-order valence-corrected chi connectivity index (χ4v) is 4.01. The van der Waals surface area contributed by atoms with Gasteiger partial charge in [-0.3, -0.25) is 0 Å². The molecule has 2 unspecified atom stereocenters. The highest BCUT2D eigenvalue weighted by Gasteiger charge is 2.33. The molecule has 1 aliphatic rings. The minimum absolute atomic E-state index is 0.502. The zero-order chi connectivity index (χ0) is 11.1. The van der Waals surface area contributed by atoms with E-state index < -0.39 is 0 Å². The summed E-state index contributed by atoms with van der Waals surface area (Å²) in [5.41, 5.74) is 1.69. The lowest BCUT2D eigenvalue weighted by Gasteiger charge is -2.38. The molecule has 1 saturated carbocycles. The molecule has 2 atom stereocenters. The predicted molar refractivity (Wildman–Crippen MR) is 66.4 cm³/mol. The molecule has 84 valence electrons. The smallest absolute Gasteiger partial charge is 0.0959 e. The van der Waals surface area contributed by atoms with Crippen molar-refractivity contribution in [2.75, 3.05) is 0 Å². The number of aryl methyl sites for hydroxylation is 1. The minimum atomic E-state index is 0.502. The van der Waals surface area contributed by atoms with E-state index in [1.54, 1.807) is 0 Å². The van der Waals surface area contributed by atoms with Crippen molar-refractivity contribution in [2.24, 2.45) is 11.3 Å². The van der Waals surface area contributed by atoms with Gasteiger partial charge >= 0.3 is 0 Å². The quantitative estimate of drug-likeness (QED) is 0.688. The van der Waals surface area contributed by atoms with Crippen molar-refractivity contribution in [3.63, 3.8) is 0 Å². The van der Waals surface area contributed by atoms with Crippen LogP contribution in [0.4, 0.5) is 0 Å². The summed E-state index contributed by atoms with van der Waals surface area (Å²) in [5, 5.41) is 3.55. The first-order chi connectivity index (χ1) is 6.96. The van der Waals surface area contributed by atoms with Crippen molar-refractivity contribution in [1.82, 2.24) is 4.98 Å². The average molecular weight is 223 g/mol. The molecule has 1 heterocycles. The Kier molecular flexibility index (Phi) is 2.89. The van der Waals surface area contributed by atoms with Gasteiger partial charge in [-0.1, -0.05) is 20.8 Å². The molecular weight excluding hydrogens is 202 g/mol. The van der Waals surface area contributed by atoms with Gasteiger partial charge in [0.1, 0.15) is 0 Å². The van der Waals surface area contributed by atoms with Gasteiger partial charge in [0, 0.05) is 17.0 Å². The number of aromatic nitrogens is 1. The van der Waals surface area contributed by atoms with Gasteiger partial charge in [-0.25, -0.2) is 4.98 Å². The minimum Gasteiger partial charge on any atom is -0.246 e. The fraction of sp³-hybridized carbons (Fsp3) is 0.769. The van der Waals surface area contributed by atoms with Gasteiger partial charge in [-0.2, -0.15) is 0 Å². The molecule has 0 radical (unpaired) electrons. The molecule has 0 aliphatic heterocycles. The summed E-state index contributed by atoms with van der Waals surface area (Å²) in [6, 6.07) is 0. The van der Waals surface area contributed by atoms with E-state index in [0.717, 1.165) is 5.92 Å². The SMILES string of the molecule is Cc1csc(C2CC(C)CC(C)(C)C2)n1. The Bertz CT molecular complexity index is 340. The van der Waals surface area contributed by atoms with Gasteiger partial charge in [0.05, 0.1) is 5.01 Å². The highest BCUT2D eigenvalue weighted by molar-refractivity contribution is 7.09. The molecule has 0 amide bonds. The number of rotatable bonds is 1. The molecule has 0 aromatic carbocycles. The number of nitrogens with zero attached hydrogens (tertiary/aromatic N) is 1. The Morgan fingerprint density at radius 2 is 2.13 bits per heavy atom. The molecule has 0 spiro atoms. The number of hydrogen-bond acceptors (Lipinski definition) is 2. The zero-order valence-corrected chi connectivity index (χ0v) is 11.0. The van der Waals surface area contributed by atoms with E-state index in [-0.39, 0.29) is 0 Å². The van der Waals surface area contributed by atoms with E-state index >= 15 is 0 Å². The zero-order valence-electron chi connectivity index (χ0n) is 10.2. The second-order valence-corrected chi connectivity index (χ2v) is 6.83. The second kappa shape index (κ2) is 3.89. The standard InChI is InChI=1S/C13H21NS/c1-9-5-11(7-13(3,4)6-9)12-14-10(2)8-15-12/h8-9,11H,5-7H2,1-4H3. The maximum atomic E-state index is 4.65. The Hall–Kier alpha value is -0.370. The Balaban J connectivity index is 2.16. The molecule has 2 rings (SSSR count). The third-order valence-corrected chi connectivity index (χ3v) is 4.50. The maximum Gasteiger partial charge on any atom is 0.0959 e. The van der Waals surface area contributed by atoms with Crippen LogP contribution in [-0.4, -0.2) is 4.98 Å². The van der Waals surface area contributed by atoms with Crippen LogP contribution in [0.2, 0.25) is 0 Å². The first kappa shape index (κ1) is 11.1. The Labute approximate surface area is 96.9 Å². The van der Waals surface area contributed by atoms with Crippen molar-refractivity contribution in [2.45, 2.75) is 52.9 Å². The molecular formula is C13H21NS. The Morgan fingerprint density at radius 1 is 1.40 bits per heavy atom. The van der Waals surface area contributed by atoms with Crippen LogP contribution in [0.15, 0.2) is 5.38 Å². The largest absolute Gasteiger partial charge is 0.246 e. The normalized spacial score (nSPS) is 30.4. The first-order valence-electron chi connectivity index (χ1n) is 5.88. The summed E-state index contributed by atoms with van der Waals surface area (Å²) in [5.74, 6) is 1.56. The summed E-state index contributed by atoms with van der Waals surface area (Å²) in [4.78, 5) is 4.65. The van der Waals surface area contributed by atoms with Crippen molar-refractivity contribution in [3.8, 4) is 0 Å². The predicted octanol–water partition coefficient (Wildman–Crippen LogP) is 4.38. The monoisotopic (exact) mass is 223 g/mol. The molecule has 1 aromatic rings. The van der Waals surface area contributed by atoms with E-state index in [2.05, 4.69) is 38.1 Å². The number of hydrogen-bond donors (Lipinski definition) is 0. The summed E-state index contributed by atoms with van der Waals surface area (Å²) in [6.45, 7) is 9.28. The molecule has 0 bridgehead atoms. The molecule has 15 heavy (non-hydrogen) atoms. The lowest BCUT2D eigenvalue weighted by Crippen LogP contribution is -2.26. The lowest BCUT2D eigenvalue weighted by atomic mass is 9.68. The third kappa shape index (κ3) is 2.60. The summed E-state index contributed by atoms with van der Waals surface area (Å²) < 4.78 is 0. The van der Waals surface area contributed by atoms with Crippen LogP contribution in [-0.2, 0) is 0 Å². The van der Waals surface area contributed by atoms with Crippen LogP contribution >= 0.6 is 11.3 Å². The molecule has 1 aromatic heterocycles. The van der Waals surface area contributed by atoms with Crippen molar-refractivity contribution in [1.29, 1.82) is 0 Å². The summed E-state index contributed by atoms with van der Waals surface area (Å²) in [7, 11) is 0. The second-order valence-electron chi connectivity index (χ2n) is 5.94. The van der Waals surface area contributed by atoms with Gasteiger partial charge in [-0.05, 0) is 37.5 Å². The highest BCUT2D eigenvalue weighted by Crippen LogP contribution is 2.46. The highest BCUT2D eigenvalue weighted by atomic mass is 32.1. The average Bonchev–Trinajstić information content (AvgIpc) is 2.48. The summed E-state index contributed by atoms with van der Waals surface area (Å²) in [6.07, 6.45) is 4.01. The van der Waals surface area contributed by atoms with Crippen molar-refractivity contribution >= 4 is 11.3 Å². The molecule has 0 saturated heterocycles. The van der Waals surface area contributed by atoms with Gasteiger partial charge in [0.15, 0.2) is 0 Å². The Morgan fingerprint density at radius 3 is 2.67 bits per heavy atom. The van der Waals surface area contributed by atoms with Gasteiger partial charge < -0.3 is 0 Å². The maximum absolute atomic E-state index is 4.65. The van der Waals surface area contributed by atoms with Crippen LogP contribution in [0.1, 0.15) is 56.7 Å². The van der Waals surface area contributed by atoms with Crippen LogP contribution in [0, 0.1) is 18.3 Å². The number of thiazole rings is 1. The van der Waals surface area contributed by atoms with Crippen LogP contribution in [0.3, 0.4) is 0 Å². The molecule has 1 fully saturated rings. The van der Waals surface area contributed by atoms with Crippen LogP contribution in [0.25, 0.3) is 0 Å². The first-order valence-corrected chi connectivity index (χ1v) is 6.76. The molecule has 2 heteroatoms. The van der Waals surface area contributed by atoms with Crippen molar-refractivity contribution < 1.29 is 0 Å². The summed E-state index contributed by atoms with van der Waals surface area (Å²) >= 11 is 1.85. The van der Waals surface area contributed by atoms with Gasteiger partial charge in [0.2, 0.25) is 0 Å². The van der Waals surface area contributed by atoms with Crippen molar-refractivity contribution in [3.05, 3.63) is 16.1 Å². The van der Waals surface area contributed by atoms with Crippen LogP contribution < -0.4 is 0 Å². The topological polar surface area (TPSA) is 12.9 Å². The van der Waals surface area contributed by atoms with E-state index in [1.807, 2.05) is 11.3 Å². The molecule has 0 N–H and O–H groups in total.